The Balaban J connectivity index is 0.000000153. The fraction of sp³-hybridized carbons (Fsp3) is 0. The van der Waals surface area contributed by atoms with Gasteiger partial charge in [0.15, 0.2) is 5.78 Å². The van der Waals surface area contributed by atoms with Crippen molar-refractivity contribution in [2.75, 3.05) is 0 Å². The number of carbonyl (C=O) groups is 1. The van der Waals surface area contributed by atoms with Crippen LogP contribution in [0.1, 0.15) is 21.5 Å². The van der Waals surface area contributed by atoms with Gasteiger partial charge in [0.25, 0.3) is 0 Å². The molecule has 5 rings (SSSR count). The standard InChI is InChI=1S/C16H12.C13H8F2O/c1-2-14-15-9-5-3-7-12(15)11-13-8-4-6-10-16(13)14;14-11-5-1-9(2-6-11)13(16)10-3-7-12(15)8-4-10/h2-11H,1H2;1-8H. The lowest BCUT2D eigenvalue weighted by Gasteiger charge is -2.07. The summed E-state index contributed by atoms with van der Waals surface area (Å²) in [5, 5.41) is 5.10. The first-order valence-electron chi connectivity index (χ1n) is 10.2. The maximum Gasteiger partial charge on any atom is 0.193 e. The Hall–Kier alpha value is -4.11. The summed E-state index contributed by atoms with van der Waals surface area (Å²) in [4.78, 5) is 11.8. The van der Waals surface area contributed by atoms with Gasteiger partial charge in [-0.25, -0.2) is 8.78 Å². The minimum absolute atomic E-state index is 0.250. The van der Waals surface area contributed by atoms with E-state index in [1.807, 2.05) is 6.08 Å². The summed E-state index contributed by atoms with van der Waals surface area (Å²) in [5.41, 5.74) is 2.00. The van der Waals surface area contributed by atoms with Gasteiger partial charge in [-0.05, 0) is 81.7 Å². The molecule has 0 fully saturated rings. The summed E-state index contributed by atoms with van der Waals surface area (Å²) in [6.45, 7) is 3.93. The predicted molar refractivity (Wildman–Crippen MR) is 128 cm³/mol. The Morgan fingerprint density at radius 2 is 1.03 bits per heavy atom. The van der Waals surface area contributed by atoms with Crippen molar-refractivity contribution in [3.8, 4) is 0 Å². The Kier molecular flexibility index (Phi) is 6.18. The van der Waals surface area contributed by atoms with Crippen LogP contribution < -0.4 is 0 Å². The van der Waals surface area contributed by atoms with Crippen molar-refractivity contribution in [3.63, 3.8) is 0 Å². The molecule has 0 aliphatic rings. The molecule has 5 aromatic rings. The second kappa shape index (κ2) is 9.36. The maximum absolute atomic E-state index is 12.6. The van der Waals surface area contributed by atoms with Crippen LogP contribution in [0.4, 0.5) is 8.78 Å². The van der Waals surface area contributed by atoms with Crippen LogP contribution in [0.5, 0.6) is 0 Å². The molecule has 0 bridgehead atoms. The van der Waals surface area contributed by atoms with E-state index in [-0.39, 0.29) is 5.78 Å². The molecule has 0 saturated carbocycles. The third-order valence-corrected chi connectivity index (χ3v) is 5.23. The van der Waals surface area contributed by atoms with E-state index in [4.69, 9.17) is 0 Å². The first-order chi connectivity index (χ1) is 15.6. The van der Waals surface area contributed by atoms with Gasteiger partial charge in [-0.3, -0.25) is 4.79 Å². The van der Waals surface area contributed by atoms with E-state index in [1.165, 1.54) is 75.6 Å². The normalized spacial score (nSPS) is 10.4. The van der Waals surface area contributed by atoms with Crippen molar-refractivity contribution in [1.29, 1.82) is 0 Å². The predicted octanol–water partition coefficient (Wildman–Crippen LogP) is 7.83. The van der Waals surface area contributed by atoms with Gasteiger partial charge in [-0.2, -0.15) is 0 Å². The lowest BCUT2D eigenvalue weighted by molar-refractivity contribution is 0.103. The highest BCUT2D eigenvalue weighted by atomic mass is 19.1. The number of carbonyl (C=O) groups excluding carboxylic acids is 1. The second-order valence-electron chi connectivity index (χ2n) is 7.28. The van der Waals surface area contributed by atoms with Gasteiger partial charge in [-0.15, -0.1) is 0 Å². The second-order valence-corrected chi connectivity index (χ2v) is 7.28. The first kappa shape index (κ1) is 21.1. The van der Waals surface area contributed by atoms with Crippen molar-refractivity contribution in [3.05, 3.63) is 138 Å². The smallest absolute Gasteiger partial charge is 0.193 e. The summed E-state index contributed by atoms with van der Waals surface area (Å²) in [6.07, 6.45) is 1.95. The zero-order valence-electron chi connectivity index (χ0n) is 17.3. The number of halogens is 2. The molecule has 0 aliphatic heterocycles. The molecule has 1 nitrogen and oxygen atoms in total. The van der Waals surface area contributed by atoms with Crippen molar-refractivity contribution < 1.29 is 13.6 Å². The van der Waals surface area contributed by atoms with Crippen LogP contribution in [0.3, 0.4) is 0 Å². The first-order valence-corrected chi connectivity index (χ1v) is 10.2. The van der Waals surface area contributed by atoms with Crippen LogP contribution in [0.15, 0.2) is 110 Å². The summed E-state index contributed by atoms with van der Waals surface area (Å²) in [7, 11) is 0. The Morgan fingerprint density at radius 1 is 0.625 bits per heavy atom. The van der Waals surface area contributed by atoms with E-state index < -0.39 is 11.6 Å². The van der Waals surface area contributed by atoms with Gasteiger partial charge < -0.3 is 0 Å². The third-order valence-electron chi connectivity index (χ3n) is 5.23. The Labute approximate surface area is 185 Å². The van der Waals surface area contributed by atoms with E-state index in [2.05, 4.69) is 61.2 Å². The fourth-order valence-corrected chi connectivity index (χ4v) is 3.64. The third kappa shape index (κ3) is 4.47. The van der Waals surface area contributed by atoms with Crippen molar-refractivity contribution in [1.82, 2.24) is 0 Å². The van der Waals surface area contributed by atoms with Crippen LogP contribution in [-0.4, -0.2) is 5.78 Å². The Morgan fingerprint density at radius 3 is 1.44 bits per heavy atom. The summed E-state index contributed by atoms with van der Waals surface area (Å²) in [6, 6.07) is 29.6. The number of ketones is 1. The number of rotatable bonds is 3. The molecule has 0 unspecified atom stereocenters. The van der Waals surface area contributed by atoms with Gasteiger partial charge in [-0.1, -0.05) is 61.2 Å². The molecular formula is C29H20F2O. The fourth-order valence-electron chi connectivity index (χ4n) is 3.64. The van der Waals surface area contributed by atoms with E-state index in [1.54, 1.807) is 0 Å². The number of benzene rings is 5. The molecule has 0 heterocycles. The molecule has 0 aromatic heterocycles. The van der Waals surface area contributed by atoms with E-state index in [9.17, 15) is 13.6 Å². The average Bonchev–Trinajstić information content (AvgIpc) is 2.83. The van der Waals surface area contributed by atoms with E-state index >= 15 is 0 Å². The summed E-state index contributed by atoms with van der Waals surface area (Å²) < 4.78 is 25.3. The quantitative estimate of drug-likeness (QED) is 0.214. The monoisotopic (exact) mass is 422 g/mol. The van der Waals surface area contributed by atoms with Crippen molar-refractivity contribution in [2.45, 2.75) is 0 Å². The lowest BCUT2D eigenvalue weighted by Crippen LogP contribution is -2.01. The molecule has 156 valence electrons. The molecule has 0 spiro atoms. The lowest BCUT2D eigenvalue weighted by atomic mass is 9.97. The van der Waals surface area contributed by atoms with Gasteiger partial charge in [0.05, 0.1) is 0 Å². The molecular weight excluding hydrogens is 402 g/mol. The number of hydrogen-bond donors (Lipinski definition) is 0. The highest BCUT2D eigenvalue weighted by Gasteiger charge is 2.08. The molecule has 0 aliphatic carbocycles. The molecule has 5 aromatic carbocycles. The molecule has 3 heteroatoms. The minimum atomic E-state index is -0.393. The van der Waals surface area contributed by atoms with E-state index in [0.29, 0.717) is 11.1 Å². The summed E-state index contributed by atoms with van der Waals surface area (Å²) >= 11 is 0. The molecule has 0 atom stereocenters. The van der Waals surface area contributed by atoms with Gasteiger partial charge >= 0.3 is 0 Å². The molecule has 0 N–H and O–H groups in total. The summed E-state index contributed by atoms with van der Waals surface area (Å²) in [5.74, 6) is -1.04. The van der Waals surface area contributed by atoms with Crippen LogP contribution in [0.25, 0.3) is 27.6 Å². The topological polar surface area (TPSA) is 17.1 Å². The van der Waals surface area contributed by atoms with Crippen molar-refractivity contribution >= 4 is 33.4 Å². The highest BCUT2D eigenvalue weighted by molar-refractivity contribution is 6.09. The van der Waals surface area contributed by atoms with Gasteiger partial charge in [0.2, 0.25) is 0 Å². The van der Waals surface area contributed by atoms with E-state index in [0.717, 1.165) is 0 Å². The van der Waals surface area contributed by atoms with Crippen LogP contribution in [-0.2, 0) is 0 Å². The zero-order valence-corrected chi connectivity index (χ0v) is 17.3. The number of fused-ring (bicyclic) bond motifs is 2. The van der Waals surface area contributed by atoms with Crippen molar-refractivity contribution in [2.24, 2.45) is 0 Å². The van der Waals surface area contributed by atoms with Crippen LogP contribution in [0.2, 0.25) is 0 Å². The van der Waals surface area contributed by atoms with Crippen LogP contribution in [0, 0.1) is 11.6 Å². The molecule has 0 amide bonds. The molecule has 0 radical (unpaired) electrons. The van der Waals surface area contributed by atoms with Gasteiger partial charge in [0.1, 0.15) is 11.6 Å². The SMILES string of the molecule is C=Cc1c2ccccc2cc2ccccc12.O=C(c1ccc(F)cc1)c1ccc(F)cc1. The molecule has 0 saturated heterocycles. The average molecular weight is 422 g/mol. The largest absolute Gasteiger partial charge is 0.289 e. The highest BCUT2D eigenvalue weighted by Crippen LogP contribution is 2.28. The Bertz CT molecular complexity index is 1300. The van der Waals surface area contributed by atoms with Gasteiger partial charge in [0, 0.05) is 11.1 Å². The van der Waals surface area contributed by atoms with Crippen LogP contribution >= 0.6 is 0 Å². The maximum atomic E-state index is 12.6. The molecule has 32 heavy (non-hydrogen) atoms. The number of hydrogen-bond acceptors (Lipinski definition) is 1. The minimum Gasteiger partial charge on any atom is -0.289 e. The zero-order chi connectivity index (χ0) is 22.5.